The van der Waals surface area contributed by atoms with Gasteiger partial charge in [-0.15, -0.1) is 0 Å². The number of rotatable bonds is 2. The number of esters is 1. The zero-order valence-electron chi connectivity index (χ0n) is 13.9. The fraction of sp³-hybridized carbons (Fsp3) is 0.556. The number of methoxy groups -OCH3 is 1. The number of alkyl halides is 3. The molecule has 1 saturated heterocycles. The van der Waals surface area contributed by atoms with Gasteiger partial charge in [-0.1, -0.05) is 12.8 Å². The molecular weight excluding hydrogens is 335 g/mol. The average molecular weight is 355 g/mol. The second-order valence-corrected chi connectivity index (χ2v) is 6.67. The lowest BCUT2D eigenvalue weighted by Crippen LogP contribution is -2.46. The number of likely N-dealkylation sites (tertiary alicyclic amines) is 1. The molecule has 1 aliphatic heterocycles. The van der Waals surface area contributed by atoms with Crippen LogP contribution in [0.25, 0.3) is 0 Å². The van der Waals surface area contributed by atoms with E-state index in [1.807, 2.05) is 0 Å². The highest BCUT2D eigenvalue weighted by atomic mass is 19.4. The van der Waals surface area contributed by atoms with E-state index in [2.05, 4.69) is 0 Å². The number of ether oxygens (including phenoxy) is 1. The summed E-state index contributed by atoms with van der Waals surface area (Å²) in [6.45, 7) is 0. The third-order valence-corrected chi connectivity index (χ3v) is 5.25. The number of carbonyl (C=O) groups excluding carboxylic acids is 2. The highest BCUT2D eigenvalue weighted by Crippen LogP contribution is 2.41. The summed E-state index contributed by atoms with van der Waals surface area (Å²) in [4.78, 5) is 26.6. The Balaban J connectivity index is 1.88. The van der Waals surface area contributed by atoms with Crippen LogP contribution in [0.2, 0.25) is 0 Å². The second-order valence-electron chi connectivity index (χ2n) is 6.67. The van der Waals surface area contributed by atoms with Gasteiger partial charge >= 0.3 is 12.1 Å². The van der Waals surface area contributed by atoms with Crippen LogP contribution in [0.1, 0.15) is 48.0 Å². The third-order valence-electron chi connectivity index (χ3n) is 5.25. The maximum atomic E-state index is 12.9. The summed E-state index contributed by atoms with van der Waals surface area (Å²) in [6.07, 6.45) is -0.0787. The van der Waals surface area contributed by atoms with Gasteiger partial charge in [-0.3, -0.25) is 4.79 Å². The molecule has 2 fully saturated rings. The van der Waals surface area contributed by atoms with Crippen LogP contribution >= 0.6 is 0 Å². The molecule has 3 atom stereocenters. The van der Waals surface area contributed by atoms with Gasteiger partial charge in [0, 0.05) is 11.6 Å². The second kappa shape index (κ2) is 6.69. The maximum Gasteiger partial charge on any atom is 0.416 e. The highest BCUT2D eigenvalue weighted by molar-refractivity contribution is 5.97. The van der Waals surface area contributed by atoms with E-state index >= 15 is 0 Å². The van der Waals surface area contributed by atoms with Crippen LogP contribution in [0.15, 0.2) is 24.3 Å². The minimum atomic E-state index is -4.45. The van der Waals surface area contributed by atoms with Crippen LogP contribution in [0.3, 0.4) is 0 Å². The van der Waals surface area contributed by atoms with Crippen LogP contribution < -0.4 is 0 Å². The lowest BCUT2D eigenvalue weighted by molar-refractivity contribution is -0.145. The van der Waals surface area contributed by atoms with E-state index in [9.17, 15) is 22.8 Å². The quantitative estimate of drug-likeness (QED) is 0.761. The van der Waals surface area contributed by atoms with Crippen molar-refractivity contribution in [3.05, 3.63) is 35.4 Å². The zero-order chi connectivity index (χ0) is 18.2. The molecule has 0 N–H and O–H groups in total. The van der Waals surface area contributed by atoms with Crippen molar-refractivity contribution in [2.45, 2.75) is 50.4 Å². The molecule has 3 rings (SSSR count). The van der Waals surface area contributed by atoms with Crippen molar-refractivity contribution in [3.8, 4) is 0 Å². The first-order valence-corrected chi connectivity index (χ1v) is 8.40. The lowest BCUT2D eigenvalue weighted by atomic mass is 9.84. The Labute approximate surface area is 143 Å². The Bertz CT molecular complexity index is 657. The summed E-state index contributed by atoms with van der Waals surface area (Å²) in [5, 5.41) is 0. The van der Waals surface area contributed by atoms with Gasteiger partial charge in [-0.05, 0) is 49.4 Å². The first-order chi connectivity index (χ1) is 11.8. The Kier molecular flexibility index (Phi) is 4.75. The van der Waals surface area contributed by atoms with Gasteiger partial charge in [0.05, 0.1) is 12.7 Å². The number of hydrogen-bond donors (Lipinski definition) is 0. The topological polar surface area (TPSA) is 46.6 Å². The molecule has 1 amide bonds. The maximum absolute atomic E-state index is 12.9. The number of carbonyl (C=O) groups is 2. The molecule has 136 valence electrons. The molecule has 1 aromatic carbocycles. The summed E-state index contributed by atoms with van der Waals surface area (Å²) < 4.78 is 42.9. The number of halogens is 3. The molecule has 0 bridgehead atoms. The van der Waals surface area contributed by atoms with Gasteiger partial charge in [0.25, 0.3) is 5.91 Å². The highest BCUT2D eigenvalue weighted by Gasteiger charge is 2.48. The number of fused-ring (bicyclic) bond motifs is 1. The fourth-order valence-corrected chi connectivity index (χ4v) is 4.05. The third kappa shape index (κ3) is 3.37. The van der Waals surface area contributed by atoms with E-state index in [4.69, 9.17) is 4.74 Å². The largest absolute Gasteiger partial charge is 0.467 e. The van der Waals surface area contributed by atoms with Crippen LogP contribution in [0.4, 0.5) is 13.2 Å². The number of benzene rings is 1. The van der Waals surface area contributed by atoms with E-state index in [0.717, 1.165) is 37.8 Å². The Hall–Kier alpha value is -2.05. The van der Waals surface area contributed by atoms with E-state index in [-0.39, 0.29) is 17.5 Å². The Morgan fingerprint density at radius 3 is 2.36 bits per heavy atom. The van der Waals surface area contributed by atoms with Gasteiger partial charge in [-0.2, -0.15) is 13.2 Å². The van der Waals surface area contributed by atoms with Crippen molar-refractivity contribution in [1.29, 1.82) is 0 Å². The van der Waals surface area contributed by atoms with Gasteiger partial charge in [0.1, 0.15) is 6.04 Å². The standard InChI is InChI=1S/C18H20F3NO3/c1-25-17(24)15-10-12-4-2-3-5-14(12)22(15)16(23)11-6-8-13(9-7-11)18(19,20)21/h6-9,12,14-15H,2-5,10H2,1H3/t12-,14-,15+/m1/s1. The van der Waals surface area contributed by atoms with Gasteiger partial charge in [0.15, 0.2) is 0 Å². The van der Waals surface area contributed by atoms with Crippen LogP contribution in [-0.4, -0.2) is 36.0 Å². The molecule has 1 aliphatic carbocycles. The van der Waals surface area contributed by atoms with Crippen molar-refractivity contribution in [3.63, 3.8) is 0 Å². The molecule has 1 aromatic rings. The molecule has 4 nitrogen and oxygen atoms in total. The molecule has 2 aliphatic rings. The van der Waals surface area contributed by atoms with E-state index in [0.29, 0.717) is 6.42 Å². The molecule has 0 aromatic heterocycles. The van der Waals surface area contributed by atoms with Crippen LogP contribution in [-0.2, 0) is 15.7 Å². The molecule has 1 saturated carbocycles. The molecule has 1 heterocycles. The molecule has 0 radical (unpaired) electrons. The first-order valence-electron chi connectivity index (χ1n) is 8.40. The monoisotopic (exact) mass is 355 g/mol. The number of amides is 1. The van der Waals surface area contributed by atoms with Crippen LogP contribution in [0.5, 0.6) is 0 Å². The molecule has 7 heteroatoms. The SMILES string of the molecule is COC(=O)[C@@H]1C[C@H]2CCCC[C@H]2N1C(=O)c1ccc(C(F)(F)F)cc1. The molecular formula is C18H20F3NO3. The van der Waals surface area contributed by atoms with E-state index in [1.54, 1.807) is 0 Å². The van der Waals surface area contributed by atoms with Crippen molar-refractivity contribution >= 4 is 11.9 Å². The minimum absolute atomic E-state index is 0.0485. The van der Waals surface area contributed by atoms with Crippen molar-refractivity contribution < 1.29 is 27.5 Å². The average Bonchev–Trinajstić information content (AvgIpc) is 2.99. The fourth-order valence-electron chi connectivity index (χ4n) is 4.05. The van der Waals surface area contributed by atoms with Gasteiger partial charge < -0.3 is 9.64 Å². The van der Waals surface area contributed by atoms with Crippen molar-refractivity contribution in [2.24, 2.45) is 5.92 Å². The Morgan fingerprint density at radius 2 is 1.76 bits per heavy atom. The summed E-state index contributed by atoms with van der Waals surface area (Å²) in [5.74, 6) is -0.621. The zero-order valence-corrected chi connectivity index (χ0v) is 13.9. The summed E-state index contributed by atoms with van der Waals surface area (Å²) in [7, 11) is 1.28. The summed E-state index contributed by atoms with van der Waals surface area (Å²) >= 11 is 0. The van der Waals surface area contributed by atoms with Crippen molar-refractivity contribution in [1.82, 2.24) is 4.90 Å². The Morgan fingerprint density at radius 1 is 1.12 bits per heavy atom. The van der Waals surface area contributed by atoms with Gasteiger partial charge in [0.2, 0.25) is 0 Å². The van der Waals surface area contributed by atoms with E-state index < -0.39 is 29.7 Å². The van der Waals surface area contributed by atoms with Gasteiger partial charge in [-0.25, -0.2) is 4.79 Å². The lowest BCUT2D eigenvalue weighted by Gasteiger charge is -2.33. The summed E-state index contributed by atoms with van der Waals surface area (Å²) in [5.41, 5.74) is -0.640. The minimum Gasteiger partial charge on any atom is -0.467 e. The predicted molar refractivity (Wildman–Crippen MR) is 83.8 cm³/mol. The first kappa shape index (κ1) is 17.8. The number of hydrogen-bond acceptors (Lipinski definition) is 3. The van der Waals surface area contributed by atoms with E-state index in [1.165, 1.54) is 24.1 Å². The molecule has 0 spiro atoms. The molecule has 0 unspecified atom stereocenters. The van der Waals surface area contributed by atoms with Crippen LogP contribution in [0, 0.1) is 5.92 Å². The predicted octanol–water partition coefficient (Wildman–Crippen LogP) is 3.65. The van der Waals surface area contributed by atoms with Crippen molar-refractivity contribution in [2.75, 3.05) is 7.11 Å². The molecule has 25 heavy (non-hydrogen) atoms. The normalized spacial score (nSPS) is 26.2. The summed E-state index contributed by atoms with van der Waals surface area (Å²) in [6, 6.07) is 3.44. The smallest absolute Gasteiger partial charge is 0.416 e. The number of nitrogens with zero attached hydrogens (tertiary/aromatic N) is 1.